The number of aldehydes is 1. The SMILES string of the molecule is CN1CC(=O)Nc2ccc(CCC=O)cc21. The van der Waals surface area contributed by atoms with E-state index < -0.39 is 0 Å². The number of carbonyl (C=O) groups is 2. The first-order valence-corrected chi connectivity index (χ1v) is 5.28. The van der Waals surface area contributed by atoms with Gasteiger partial charge in [-0.2, -0.15) is 0 Å². The molecule has 1 N–H and O–H groups in total. The molecule has 0 bridgehead atoms. The number of nitrogens with zero attached hydrogens (tertiary/aromatic N) is 1. The Labute approximate surface area is 94.2 Å². The van der Waals surface area contributed by atoms with E-state index in [1.165, 1.54) is 0 Å². The van der Waals surface area contributed by atoms with Gasteiger partial charge in [-0.25, -0.2) is 0 Å². The lowest BCUT2D eigenvalue weighted by atomic mass is 10.1. The van der Waals surface area contributed by atoms with E-state index in [-0.39, 0.29) is 5.91 Å². The molecule has 16 heavy (non-hydrogen) atoms. The minimum Gasteiger partial charge on any atom is -0.364 e. The molecule has 2 rings (SSSR count). The summed E-state index contributed by atoms with van der Waals surface area (Å²) in [6.45, 7) is 0.379. The molecule has 0 aromatic heterocycles. The Morgan fingerprint density at radius 1 is 1.50 bits per heavy atom. The average molecular weight is 218 g/mol. The molecule has 0 aliphatic carbocycles. The molecule has 4 nitrogen and oxygen atoms in total. The van der Waals surface area contributed by atoms with Crippen molar-refractivity contribution in [3.8, 4) is 0 Å². The maximum Gasteiger partial charge on any atom is 0.243 e. The van der Waals surface area contributed by atoms with Crippen LogP contribution in [0.3, 0.4) is 0 Å². The van der Waals surface area contributed by atoms with E-state index in [1.54, 1.807) is 0 Å². The number of nitrogens with one attached hydrogen (secondary N) is 1. The van der Waals surface area contributed by atoms with Crippen LogP contribution >= 0.6 is 0 Å². The molecule has 0 spiro atoms. The van der Waals surface area contributed by atoms with Crippen LogP contribution in [0.4, 0.5) is 11.4 Å². The smallest absolute Gasteiger partial charge is 0.243 e. The van der Waals surface area contributed by atoms with Gasteiger partial charge in [0.2, 0.25) is 5.91 Å². The van der Waals surface area contributed by atoms with Gasteiger partial charge in [0.25, 0.3) is 0 Å². The highest BCUT2D eigenvalue weighted by Crippen LogP contribution is 2.29. The number of hydrogen-bond donors (Lipinski definition) is 1. The molecule has 0 fully saturated rings. The highest BCUT2D eigenvalue weighted by atomic mass is 16.2. The van der Waals surface area contributed by atoms with E-state index in [9.17, 15) is 9.59 Å². The summed E-state index contributed by atoms with van der Waals surface area (Å²) >= 11 is 0. The molecular weight excluding hydrogens is 204 g/mol. The van der Waals surface area contributed by atoms with E-state index in [1.807, 2.05) is 30.1 Å². The molecule has 1 aliphatic heterocycles. The summed E-state index contributed by atoms with van der Waals surface area (Å²) in [7, 11) is 1.89. The second kappa shape index (κ2) is 4.35. The van der Waals surface area contributed by atoms with Crippen molar-refractivity contribution in [2.75, 3.05) is 23.8 Å². The van der Waals surface area contributed by atoms with Crippen LogP contribution in [0.5, 0.6) is 0 Å². The minimum atomic E-state index is 0.00985. The molecule has 1 aromatic rings. The lowest BCUT2D eigenvalue weighted by Crippen LogP contribution is -2.35. The zero-order valence-corrected chi connectivity index (χ0v) is 9.19. The summed E-state index contributed by atoms with van der Waals surface area (Å²) < 4.78 is 0. The summed E-state index contributed by atoms with van der Waals surface area (Å²) in [6.07, 6.45) is 2.21. The molecule has 1 aromatic carbocycles. The molecule has 1 heterocycles. The van der Waals surface area contributed by atoms with Crippen LogP contribution in [-0.2, 0) is 16.0 Å². The van der Waals surface area contributed by atoms with E-state index in [0.717, 1.165) is 29.6 Å². The molecule has 0 radical (unpaired) electrons. The fourth-order valence-electron chi connectivity index (χ4n) is 1.87. The van der Waals surface area contributed by atoms with Crippen LogP contribution in [0.25, 0.3) is 0 Å². The average Bonchev–Trinajstić information content (AvgIpc) is 2.26. The van der Waals surface area contributed by atoms with Crippen molar-refractivity contribution in [2.24, 2.45) is 0 Å². The van der Waals surface area contributed by atoms with Crippen LogP contribution in [0, 0.1) is 0 Å². The lowest BCUT2D eigenvalue weighted by molar-refractivity contribution is -0.115. The third kappa shape index (κ3) is 2.05. The lowest BCUT2D eigenvalue weighted by Gasteiger charge is -2.27. The maximum absolute atomic E-state index is 11.3. The third-order valence-corrected chi connectivity index (χ3v) is 2.68. The highest BCUT2D eigenvalue weighted by Gasteiger charge is 2.18. The second-order valence-electron chi connectivity index (χ2n) is 3.96. The molecule has 1 amide bonds. The molecule has 1 aliphatic rings. The van der Waals surface area contributed by atoms with Crippen molar-refractivity contribution in [1.29, 1.82) is 0 Å². The van der Waals surface area contributed by atoms with Crippen molar-refractivity contribution in [3.63, 3.8) is 0 Å². The predicted molar refractivity (Wildman–Crippen MR) is 62.7 cm³/mol. The Hall–Kier alpha value is -1.84. The normalized spacial score (nSPS) is 14.3. The van der Waals surface area contributed by atoms with Gasteiger partial charge in [-0.15, -0.1) is 0 Å². The zero-order valence-electron chi connectivity index (χ0n) is 9.19. The van der Waals surface area contributed by atoms with Gasteiger partial charge in [-0.3, -0.25) is 4.79 Å². The van der Waals surface area contributed by atoms with E-state index >= 15 is 0 Å². The topological polar surface area (TPSA) is 49.4 Å². The standard InChI is InChI=1S/C12H14N2O2/c1-14-8-12(16)13-10-5-4-9(3-2-6-15)7-11(10)14/h4-7H,2-3,8H2,1H3,(H,13,16). The third-order valence-electron chi connectivity index (χ3n) is 2.68. The molecule has 0 atom stereocenters. The van der Waals surface area contributed by atoms with E-state index in [2.05, 4.69) is 5.32 Å². The number of benzene rings is 1. The number of likely N-dealkylation sites (N-methyl/N-ethyl adjacent to an activating group) is 1. The van der Waals surface area contributed by atoms with E-state index in [0.29, 0.717) is 13.0 Å². The monoisotopic (exact) mass is 218 g/mol. The van der Waals surface area contributed by atoms with Crippen molar-refractivity contribution >= 4 is 23.6 Å². The number of amides is 1. The van der Waals surface area contributed by atoms with Gasteiger partial charge < -0.3 is 15.0 Å². The van der Waals surface area contributed by atoms with Crippen molar-refractivity contribution in [1.82, 2.24) is 0 Å². The first-order chi connectivity index (χ1) is 7.70. The van der Waals surface area contributed by atoms with Crippen LogP contribution in [-0.4, -0.2) is 25.8 Å². The second-order valence-corrected chi connectivity index (χ2v) is 3.96. The number of anilines is 2. The quantitative estimate of drug-likeness (QED) is 0.776. The first kappa shape index (κ1) is 10.7. The van der Waals surface area contributed by atoms with Gasteiger partial charge in [0.1, 0.15) is 6.29 Å². The van der Waals surface area contributed by atoms with Gasteiger partial charge in [-0.05, 0) is 24.1 Å². The Morgan fingerprint density at radius 2 is 2.31 bits per heavy atom. The molecule has 84 valence electrons. The highest BCUT2D eigenvalue weighted by molar-refractivity contribution is 6.01. The Morgan fingerprint density at radius 3 is 3.06 bits per heavy atom. The van der Waals surface area contributed by atoms with E-state index in [4.69, 9.17) is 0 Å². The molecular formula is C12H14N2O2. The summed E-state index contributed by atoms with van der Waals surface area (Å²) in [5, 5.41) is 2.82. The van der Waals surface area contributed by atoms with Crippen molar-refractivity contribution < 1.29 is 9.59 Å². The fraction of sp³-hybridized carbons (Fsp3) is 0.333. The first-order valence-electron chi connectivity index (χ1n) is 5.28. The Bertz CT molecular complexity index is 429. The number of rotatable bonds is 3. The summed E-state index contributed by atoms with van der Waals surface area (Å²) in [6, 6.07) is 5.86. The summed E-state index contributed by atoms with van der Waals surface area (Å²) in [4.78, 5) is 23.5. The Kier molecular flexibility index (Phi) is 2.90. The molecule has 0 saturated carbocycles. The van der Waals surface area contributed by atoms with Crippen LogP contribution in [0.2, 0.25) is 0 Å². The van der Waals surface area contributed by atoms with Crippen molar-refractivity contribution in [3.05, 3.63) is 23.8 Å². The fourth-order valence-corrected chi connectivity index (χ4v) is 1.87. The van der Waals surface area contributed by atoms with Crippen LogP contribution < -0.4 is 10.2 Å². The number of fused-ring (bicyclic) bond motifs is 1. The van der Waals surface area contributed by atoms with Gasteiger partial charge in [-0.1, -0.05) is 6.07 Å². The minimum absolute atomic E-state index is 0.00985. The number of aryl methyl sites for hydroxylation is 1. The molecule has 0 unspecified atom stereocenters. The van der Waals surface area contributed by atoms with Crippen molar-refractivity contribution in [2.45, 2.75) is 12.8 Å². The molecule has 4 heteroatoms. The van der Waals surface area contributed by atoms with Gasteiger partial charge in [0.15, 0.2) is 0 Å². The number of hydrogen-bond acceptors (Lipinski definition) is 3. The van der Waals surface area contributed by atoms with Gasteiger partial charge >= 0.3 is 0 Å². The van der Waals surface area contributed by atoms with Gasteiger partial charge in [0, 0.05) is 13.5 Å². The number of carbonyl (C=O) groups excluding carboxylic acids is 2. The summed E-state index contributed by atoms with van der Waals surface area (Å²) in [5.74, 6) is 0.00985. The van der Waals surface area contributed by atoms with Gasteiger partial charge in [0.05, 0.1) is 17.9 Å². The largest absolute Gasteiger partial charge is 0.364 e. The summed E-state index contributed by atoms with van der Waals surface area (Å²) in [5.41, 5.74) is 2.98. The van der Waals surface area contributed by atoms with Crippen LogP contribution in [0.15, 0.2) is 18.2 Å². The molecule has 0 saturated heterocycles. The van der Waals surface area contributed by atoms with Crippen LogP contribution in [0.1, 0.15) is 12.0 Å². The zero-order chi connectivity index (χ0) is 11.5. The maximum atomic E-state index is 11.3. The Balaban J connectivity index is 2.27. The predicted octanol–water partition coefficient (Wildman–Crippen LogP) is 1.21.